The van der Waals surface area contributed by atoms with Crippen LogP contribution in [0.5, 0.6) is 0 Å². The van der Waals surface area contributed by atoms with Crippen LogP contribution in [0.15, 0.2) is 34.9 Å². The minimum atomic E-state index is -0.794. The highest BCUT2D eigenvalue weighted by molar-refractivity contribution is 6.07. The van der Waals surface area contributed by atoms with Crippen LogP contribution in [-0.4, -0.2) is 17.0 Å². The Bertz CT molecular complexity index is 420. The van der Waals surface area contributed by atoms with E-state index in [1.807, 2.05) is 19.1 Å². The lowest BCUT2D eigenvalue weighted by atomic mass is 9.76. The molecule has 3 aliphatic carbocycles. The minimum absolute atomic E-state index is 0.0897. The summed E-state index contributed by atoms with van der Waals surface area (Å²) >= 11 is 0. The van der Waals surface area contributed by atoms with Crippen LogP contribution in [0.4, 0.5) is 0 Å². The third kappa shape index (κ3) is 0.735. The second-order valence-electron chi connectivity index (χ2n) is 4.40. The normalized spacial score (nSPS) is 32.3. The zero-order valence-electron chi connectivity index (χ0n) is 8.08. The third-order valence-electron chi connectivity index (χ3n) is 3.79. The van der Waals surface area contributed by atoms with Gasteiger partial charge >= 0.3 is 0 Å². The Kier molecular flexibility index (Phi) is 1.32. The predicted octanol–water partition coefficient (Wildman–Crippen LogP) is 1.52. The summed E-state index contributed by atoms with van der Waals surface area (Å²) in [4.78, 5) is 11.8. The van der Waals surface area contributed by atoms with Crippen LogP contribution < -0.4 is 0 Å². The number of rotatable bonds is 0. The van der Waals surface area contributed by atoms with Crippen molar-refractivity contribution in [1.29, 1.82) is 0 Å². The Labute approximate surface area is 82.6 Å². The quantitative estimate of drug-likeness (QED) is 0.625. The van der Waals surface area contributed by atoms with Crippen molar-refractivity contribution in [3.8, 4) is 0 Å². The molecule has 1 N–H and O–H groups in total. The van der Waals surface area contributed by atoms with Crippen molar-refractivity contribution >= 4 is 5.78 Å². The van der Waals surface area contributed by atoms with Crippen molar-refractivity contribution in [3.05, 3.63) is 34.9 Å². The molecule has 0 aromatic carbocycles. The van der Waals surface area contributed by atoms with Crippen LogP contribution in [0.25, 0.3) is 0 Å². The average molecular weight is 188 g/mol. The molecule has 1 atom stereocenters. The summed E-state index contributed by atoms with van der Waals surface area (Å²) in [7, 11) is 0. The molecular formula is C12H12O2. The topological polar surface area (TPSA) is 37.3 Å². The van der Waals surface area contributed by atoms with E-state index in [1.54, 1.807) is 6.08 Å². The van der Waals surface area contributed by atoms with Gasteiger partial charge in [0, 0.05) is 11.0 Å². The fourth-order valence-corrected chi connectivity index (χ4v) is 2.62. The second kappa shape index (κ2) is 2.26. The van der Waals surface area contributed by atoms with Gasteiger partial charge in [0.05, 0.1) is 0 Å². The second-order valence-corrected chi connectivity index (χ2v) is 4.40. The molecule has 3 rings (SSSR count). The number of allylic oxidation sites excluding steroid dienone is 4. The fraction of sp³-hybridized carbons (Fsp3) is 0.417. The zero-order chi connectivity index (χ0) is 9.92. The highest BCUT2D eigenvalue weighted by atomic mass is 16.3. The summed E-state index contributed by atoms with van der Waals surface area (Å²) in [5.74, 6) is -0.0897. The summed E-state index contributed by atoms with van der Waals surface area (Å²) in [6.45, 7) is 2.04. The van der Waals surface area contributed by atoms with E-state index in [0.717, 1.165) is 18.4 Å². The molecule has 0 heterocycles. The summed E-state index contributed by atoms with van der Waals surface area (Å²) < 4.78 is 0. The number of fused-ring (bicyclic) bond motifs is 1. The number of Topliss-reactive ketones (excluding diaryl/α,β-unsaturated/α-hetero) is 1. The van der Waals surface area contributed by atoms with Crippen LogP contribution in [0, 0.1) is 5.41 Å². The molecule has 2 nitrogen and oxygen atoms in total. The van der Waals surface area contributed by atoms with Gasteiger partial charge in [0.25, 0.3) is 0 Å². The van der Waals surface area contributed by atoms with Crippen LogP contribution in [0.3, 0.4) is 0 Å². The molecule has 0 bridgehead atoms. The van der Waals surface area contributed by atoms with E-state index >= 15 is 0 Å². The molecule has 0 radical (unpaired) electrons. The van der Waals surface area contributed by atoms with Crippen LogP contribution in [-0.2, 0) is 4.79 Å². The molecule has 0 aromatic heterocycles. The van der Waals surface area contributed by atoms with Crippen molar-refractivity contribution in [1.82, 2.24) is 0 Å². The van der Waals surface area contributed by atoms with Crippen LogP contribution in [0.2, 0.25) is 0 Å². The van der Waals surface area contributed by atoms with Gasteiger partial charge in [0.15, 0.2) is 5.78 Å². The van der Waals surface area contributed by atoms with Crippen molar-refractivity contribution in [2.24, 2.45) is 5.41 Å². The lowest BCUT2D eigenvalue weighted by molar-refractivity contribution is -0.126. The Morgan fingerprint density at radius 3 is 2.86 bits per heavy atom. The number of carbonyl (C=O) groups is 1. The first kappa shape index (κ1) is 8.18. The van der Waals surface area contributed by atoms with Gasteiger partial charge in [-0.15, -0.1) is 0 Å². The van der Waals surface area contributed by atoms with E-state index < -0.39 is 6.10 Å². The summed E-state index contributed by atoms with van der Waals surface area (Å²) in [6.07, 6.45) is 6.79. The molecule has 1 spiro atoms. The molecular weight excluding hydrogens is 176 g/mol. The Balaban J connectivity index is 2.23. The molecule has 0 saturated heterocycles. The summed E-state index contributed by atoms with van der Waals surface area (Å²) in [5.41, 5.74) is 2.76. The standard InChI is InChI=1S/C12H12O2/c1-7-8-3-2-4-9(8)10(13)11(14)12(7)5-6-12/h2-4,11,14H,5-6H2,1H3/t11-/m1/s1. The van der Waals surface area contributed by atoms with E-state index in [1.165, 1.54) is 5.57 Å². The maximum atomic E-state index is 11.8. The van der Waals surface area contributed by atoms with Gasteiger partial charge in [-0.1, -0.05) is 23.8 Å². The maximum absolute atomic E-state index is 11.8. The molecule has 3 aliphatic rings. The van der Waals surface area contributed by atoms with E-state index in [2.05, 4.69) is 0 Å². The molecule has 1 fully saturated rings. The van der Waals surface area contributed by atoms with Gasteiger partial charge in [0.1, 0.15) is 6.10 Å². The van der Waals surface area contributed by atoms with Crippen molar-refractivity contribution in [2.75, 3.05) is 0 Å². The van der Waals surface area contributed by atoms with E-state index in [0.29, 0.717) is 5.57 Å². The highest BCUT2D eigenvalue weighted by Crippen LogP contribution is 2.59. The molecule has 0 aliphatic heterocycles. The van der Waals surface area contributed by atoms with E-state index in [4.69, 9.17) is 0 Å². The Morgan fingerprint density at radius 1 is 1.50 bits per heavy atom. The van der Waals surface area contributed by atoms with Crippen molar-refractivity contribution < 1.29 is 9.90 Å². The number of carbonyl (C=O) groups excluding carboxylic acids is 1. The zero-order valence-corrected chi connectivity index (χ0v) is 8.08. The first-order valence-electron chi connectivity index (χ1n) is 4.99. The maximum Gasteiger partial charge on any atom is 0.192 e. The molecule has 0 amide bonds. The van der Waals surface area contributed by atoms with Gasteiger partial charge in [-0.25, -0.2) is 0 Å². The number of aliphatic hydroxyl groups excluding tert-OH is 1. The van der Waals surface area contributed by atoms with Crippen molar-refractivity contribution in [3.63, 3.8) is 0 Å². The van der Waals surface area contributed by atoms with E-state index in [9.17, 15) is 9.90 Å². The van der Waals surface area contributed by atoms with Gasteiger partial charge in [0.2, 0.25) is 0 Å². The molecule has 0 aromatic rings. The number of hydrogen-bond acceptors (Lipinski definition) is 2. The molecule has 72 valence electrons. The largest absolute Gasteiger partial charge is 0.384 e. The van der Waals surface area contributed by atoms with Crippen LogP contribution in [0.1, 0.15) is 19.8 Å². The third-order valence-corrected chi connectivity index (χ3v) is 3.79. The number of aliphatic hydroxyl groups is 1. The highest BCUT2D eigenvalue weighted by Gasteiger charge is 2.57. The van der Waals surface area contributed by atoms with E-state index in [-0.39, 0.29) is 11.2 Å². The summed E-state index contributed by atoms with van der Waals surface area (Å²) in [5, 5.41) is 9.93. The fourth-order valence-electron chi connectivity index (χ4n) is 2.62. The van der Waals surface area contributed by atoms with Gasteiger partial charge in [-0.2, -0.15) is 0 Å². The lowest BCUT2D eigenvalue weighted by Gasteiger charge is -2.29. The van der Waals surface area contributed by atoms with Crippen molar-refractivity contribution in [2.45, 2.75) is 25.9 Å². The molecule has 14 heavy (non-hydrogen) atoms. The lowest BCUT2D eigenvalue weighted by Crippen LogP contribution is -2.37. The monoisotopic (exact) mass is 188 g/mol. The van der Waals surface area contributed by atoms with Crippen LogP contribution >= 0.6 is 0 Å². The first-order chi connectivity index (χ1) is 6.67. The number of hydrogen-bond donors (Lipinski definition) is 1. The minimum Gasteiger partial charge on any atom is -0.384 e. The van der Waals surface area contributed by atoms with Gasteiger partial charge < -0.3 is 5.11 Å². The average Bonchev–Trinajstić information content (AvgIpc) is 2.83. The first-order valence-corrected chi connectivity index (χ1v) is 4.99. The smallest absolute Gasteiger partial charge is 0.192 e. The Morgan fingerprint density at radius 2 is 2.21 bits per heavy atom. The number of ketones is 1. The summed E-state index contributed by atoms with van der Waals surface area (Å²) in [6, 6.07) is 0. The Hall–Kier alpha value is -1.15. The molecule has 0 unspecified atom stereocenters. The predicted molar refractivity (Wildman–Crippen MR) is 52.6 cm³/mol. The molecule has 1 saturated carbocycles. The SMILES string of the molecule is CC1=C2C=CC=C2C(=O)[C@@H](O)C12CC2. The van der Waals surface area contributed by atoms with Gasteiger partial charge in [-0.05, 0) is 25.3 Å². The molecule has 2 heteroatoms. The van der Waals surface area contributed by atoms with Gasteiger partial charge in [-0.3, -0.25) is 4.79 Å².